The third-order valence-corrected chi connectivity index (χ3v) is 2.72. The number of anilines is 1. The van der Waals surface area contributed by atoms with Gasteiger partial charge in [0.25, 0.3) is 0 Å². The average molecular weight is 252 g/mol. The first-order valence-corrected chi connectivity index (χ1v) is 6.09. The summed E-state index contributed by atoms with van der Waals surface area (Å²) in [5.41, 5.74) is 1.93. The highest BCUT2D eigenvalue weighted by Crippen LogP contribution is 2.16. The Kier molecular flexibility index (Phi) is 4.34. The maximum Gasteiger partial charge on any atom is 0.326 e. The lowest BCUT2D eigenvalue weighted by atomic mass is 10.2. The van der Waals surface area contributed by atoms with E-state index >= 15 is 0 Å². The first kappa shape index (κ1) is 12.9. The van der Waals surface area contributed by atoms with Crippen molar-refractivity contribution >= 4 is 11.7 Å². The number of hydrogen-bond acceptors (Lipinski definition) is 1. The van der Waals surface area contributed by atoms with E-state index in [0.29, 0.717) is 6.54 Å². The summed E-state index contributed by atoms with van der Waals surface area (Å²) in [5.74, 6) is 0. The van der Waals surface area contributed by atoms with E-state index in [4.69, 9.17) is 0 Å². The SMILES string of the molecule is C=CNC(=O)N(Cc1ccccc1)c1ccccc1. The van der Waals surface area contributed by atoms with Gasteiger partial charge >= 0.3 is 6.03 Å². The molecular weight excluding hydrogens is 236 g/mol. The minimum absolute atomic E-state index is 0.190. The van der Waals surface area contributed by atoms with E-state index < -0.39 is 0 Å². The first-order valence-electron chi connectivity index (χ1n) is 6.09. The summed E-state index contributed by atoms with van der Waals surface area (Å²) in [4.78, 5) is 13.8. The topological polar surface area (TPSA) is 32.3 Å². The fourth-order valence-electron chi connectivity index (χ4n) is 1.82. The van der Waals surface area contributed by atoms with E-state index in [2.05, 4.69) is 11.9 Å². The van der Waals surface area contributed by atoms with Crippen LogP contribution in [0.2, 0.25) is 0 Å². The van der Waals surface area contributed by atoms with Crippen LogP contribution in [-0.2, 0) is 6.54 Å². The number of rotatable bonds is 4. The summed E-state index contributed by atoms with van der Waals surface area (Å²) < 4.78 is 0. The maximum absolute atomic E-state index is 12.1. The van der Waals surface area contributed by atoms with E-state index in [0.717, 1.165) is 11.3 Å². The van der Waals surface area contributed by atoms with Gasteiger partial charge in [0.1, 0.15) is 0 Å². The van der Waals surface area contributed by atoms with Gasteiger partial charge in [0.2, 0.25) is 0 Å². The molecule has 0 unspecified atom stereocenters. The van der Waals surface area contributed by atoms with Gasteiger partial charge in [0.15, 0.2) is 0 Å². The highest BCUT2D eigenvalue weighted by atomic mass is 16.2. The molecule has 3 nitrogen and oxygen atoms in total. The Morgan fingerprint density at radius 2 is 1.63 bits per heavy atom. The fraction of sp³-hybridized carbons (Fsp3) is 0.0625. The molecule has 0 fully saturated rings. The van der Waals surface area contributed by atoms with E-state index in [1.54, 1.807) is 4.90 Å². The van der Waals surface area contributed by atoms with Crippen molar-refractivity contribution in [1.82, 2.24) is 5.32 Å². The summed E-state index contributed by atoms with van der Waals surface area (Å²) in [6.07, 6.45) is 1.39. The van der Waals surface area contributed by atoms with Crippen molar-refractivity contribution in [1.29, 1.82) is 0 Å². The van der Waals surface area contributed by atoms with Crippen LogP contribution in [0, 0.1) is 0 Å². The van der Waals surface area contributed by atoms with Crippen LogP contribution in [0.25, 0.3) is 0 Å². The predicted molar refractivity (Wildman–Crippen MR) is 77.8 cm³/mol. The second-order valence-corrected chi connectivity index (χ2v) is 4.06. The second kappa shape index (κ2) is 6.40. The summed E-state index contributed by atoms with van der Waals surface area (Å²) >= 11 is 0. The zero-order valence-electron chi connectivity index (χ0n) is 10.6. The molecule has 0 radical (unpaired) electrons. The summed E-state index contributed by atoms with van der Waals surface area (Å²) in [5, 5.41) is 2.62. The lowest BCUT2D eigenvalue weighted by Gasteiger charge is -2.22. The Morgan fingerprint density at radius 3 is 2.21 bits per heavy atom. The predicted octanol–water partition coefficient (Wildman–Crippen LogP) is 3.55. The van der Waals surface area contributed by atoms with Crippen molar-refractivity contribution in [3.8, 4) is 0 Å². The molecule has 2 aromatic rings. The molecular formula is C16H16N2O. The summed E-state index contributed by atoms with van der Waals surface area (Å²) in [7, 11) is 0. The molecule has 2 rings (SSSR count). The normalized spacial score (nSPS) is 9.68. The highest BCUT2D eigenvalue weighted by molar-refractivity contribution is 5.92. The molecule has 96 valence electrons. The van der Waals surface area contributed by atoms with Crippen LogP contribution in [0.4, 0.5) is 10.5 Å². The van der Waals surface area contributed by atoms with Crippen molar-refractivity contribution in [2.24, 2.45) is 0 Å². The molecule has 2 amide bonds. The number of para-hydroxylation sites is 1. The monoisotopic (exact) mass is 252 g/mol. The molecule has 0 spiro atoms. The van der Waals surface area contributed by atoms with Crippen LogP contribution in [0.3, 0.4) is 0 Å². The van der Waals surface area contributed by atoms with Crippen LogP contribution in [0.1, 0.15) is 5.56 Å². The van der Waals surface area contributed by atoms with Gasteiger partial charge in [-0.25, -0.2) is 4.79 Å². The van der Waals surface area contributed by atoms with E-state index in [9.17, 15) is 4.79 Å². The zero-order chi connectivity index (χ0) is 13.5. The Hall–Kier alpha value is -2.55. The molecule has 3 heteroatoms. The average Bonchev–Trinajstić information content (AvgIpc) is 2.47. The Morgan fingerprint density at radius 1 is 1.05 bits per heavy atom. The second-order valence-electron chi connectivity index (χ2n) is 4.06. The van der Waals surface area contributed by atoms with E-state index in [1.165, 1.54) is 6.20 Å². The Labute approximate surface area is 113 Å². The molecule has 0 saturated carbocycles. The highest BCUT2D eigenvalue weighted by Gasteiger charge is 2.14. The molecule has 0 aliphatic heterocycles. The minimum atomic E-state index is -0.190. The van der Waals surface area contributed by atoms with Crippen molar-refractivity contribution < 1.29 is 4.79 Å². The van der Waals surface area contributed by atoms with Gasteiger partial charge < -0.3 is 5.32 Å². The van der Waals surface area contributed by atoms with Crippen LogP contribution in [0.15, 0.2) is 73.4 Å². The van der Waals surface area contributed by atoms with Gasteiger partial charge in [-0.1, -0.05) is 55.1 Å². The molecule has 0 aromatic heterocycles. The van der Waals surface area contributed by atoms with Crippen LogP contribution in [0.5, 0.6) is 0 Å². The number of carbonyl (C=O) groups is 1. The van der Waals surface area contributed by atoms with Crippen LogP contribution in [-0.4, -0.2) is 6.03 Å². The molecule has 0 bridgehead atoms. The van der Waals surface area contributed by atoms with Crippen molar-refractivity contribution in [3.63, 3.8) is 0 Å². The van der Waals surface area contributed by atoms with Crippen molar-refractivity contribution in [3.05, 3.63) is 79.0 Å². The quantitative estimate of drug-likeness (QED) is 0.886. The molecule has 1 N–H and O–H groups in total. The molecule has 0 saturated heterocycles. The lowest BCUT2D eigenvalue weighted by molar-refractivity contribution is 0.249. The van der Waals surface area contributed by atoms with Gasteiger partial charge in [-0.15, -0.1) is 0 Å². The molecule has 2 aromatic carbocycles. The smallest absolute Gasteiger partial charge is 0.315 e. The molecule has 0 heterocycles. The van der Waals surface area contributed by atoms with E-state index in [1.807, 2.05) is 60.7 Å². The summed E-state index contributed by atoms with van der Waals surface area (Å²) in [6.45, 7) is 4.04. The third kappa shape index (κ3) is 3.45. The van der Waals surface area contributed by atoms with E-state index in [-0.39, 0.29) is 6.03 Å². The fourth-order valence-corrected chi connectivity index (χ4v) is 1.82. The maximum atomic E-state index is 12.1. The van der Waals surface area contributed by atoms with Gasteiger partial charge in [-0.2, -0.15) is 0 Å². The minimum Gasteiger partial charge on any atom is -0.315 e. The molecule has 0 atom stereocenters. The van der Waals surface area contributed by atoms with Crippen LogP contribution >= 0.6 is 0 Å². The van der Waals surface area contributed by atoms with Crippen LogP contribution < -0.4 is 10.2 Å². The van der Waals surface area contributed by atoms with Gasteiger partial charge in [-0.3, -0.25) is 4.90 Å². The van der Waals surface area contributed by atoms with Crippen molar-refractivity contribution in [2.75, 3.05) is 4.90 Å². The largest absolute Gasteiger partial charge is 0.326 e. The summed E-state index contributed by atoms with van der Waals surface area (Å²) in [6, 6.07) is 19.3. The molecule has 0 aliphatic rings. The number of nitrogens with zero attached hydrogens (tertiary/aromatic N) is 1. The van der Waals surface area contributed by atoms with Gasteiger partial charge in [0, 0.05) is 5.69 Å². The Bertz CT molecular complexity index is 537. The third-order valence-electron chi connectivity index (χ3n) is 2.72. The lowest BCUT2D eigenvalue weighted by Crippen LogP contribution is -2.37. The number of amides is 2. The number of hydrogen-bond donors (Lipinski definition) is 1. The number of urea groups is 1. The molecule has 19 heavy (non-hydrogen) atoms. The molecule has 0 aliphatic carbocycles. The number of benzene rings is 2. The number of carbonyl (C=O) groups excluding carboxylic acids is 1. The van der Waals surface area contributed by atoms with Crippen molar-refractivity contribution in [2.45, 2.75) is 6.54 Å². The standard InChI is InChI=1S/C16H16N2O/c1-2-17-16(19)18(15-11-7-4-8-12-15)13-14-9-5-3-6-10-14/h2-12H,1,13H2,(H,17,19). The van der Waals surface area contributed by atoms with Gasteiger partial charge in [-0.05, 0) is 23.9 Å². The van der Waals surface area contributed by atoms with Gasteiger partial charge in [0.05, 0.1) is 6.54 Å². The Balaban J connectivity index is 2.25. The zero-order valence-corrected chi connectivity index (χ0v) is 10.6. The number of nitrogens with one attached hydrogen (secondary N) is 1. The first-order chi connectivity index (χ1) is 9.31.